The maximum Gasteiger partial charge on any atom is 0.150 e. The van der Waals surface area contributed by atoms with Crippen LogP contribution in [0.5, 0.6) is 0 Å². The minimum Gasteiger partial charge on any atom is -0.392 e. The van der Waals surface area contributed by atoms with E-state index in [1.54, 1.807) is 18.9 Å². The Hall–Kier alpha value is -0.220. The minimum absolute atomic E-state index is 0.202. The molecule has 0 radical (unpaired) electrons. The molecule has 0 aliphatic carbocycles. The number of halogens is 3. The molecule has 3 nitrogen and oxygen atoms in total. The summed E-state index contributed by atoms with van der Waals surface area (Å²) >= 11 is 17.5. The number of aliphatic hydroxyl groups excluding tert-OH is 1. The van der Waals surface area contributed by atoms with Crippen molar-refractivity contribution in [3.8, 4) is 0 Å². The zero-order chi connectivity index (χ0) is 11.6. The second-order valence-electron chi connectivity index (χ2n) is 3.30. The number of likely N-dealkylation sites (N-methyl/N-ethyl adjacent to an activating group) is 1. The molecule has 0 aliphatic heterocycles. The van der Waals surface area contributed by atoms with Gasteiger partial charge in [0.25, 0.3) is 0 Å². The van der Waals surface area contributed by atoms with Gasteiger partial charge in [0.2, 0.25) is 0 Å². The summed E-state index contributed by atoms with van der Waals surface area (Å²) in [5.41, 5.74) is 0. The number of hydrogen-bond donors (Lipinski definition) is 1. The molecule has 1 aromatic rings. The number of hydrogen-bond acceptors (Lipinski definition) is 3. The van der Waals surface area contributed by atoms with Crippen LogP contribution in [-0.4, -0.2) is 29.8 Å². The summed E-state index contributed by atoms with van der Waals surface area (Å²) in [7, 11) is 1.77. The first kappa shape index (κ1) is 12.8. The van der Waals surface area contributed by atoms with E-state index >= 15 is 0 Å². The van der Waals surface area contributed by atoms with E-state index in [1.165, 1.54) is 6.07 Å². The molecule has 84 valence electrons. The van der Waals surface area contributed by atoms with Crippen LogP contribution in [-0.2, 0) is 0 Å². The third kappa shape index (κ3) is 3.38. The summed E-state index contributed by atoms with van der Waals surface area (Å²) in [6, 6.07) is 1.53. The molecule has 6 heteroatoms. The molecule has 0 bridgehead atoms. The van der Waals surface area contributed by atoms with Crippen molar-refractivity contribution in [1.29, 1.82) is 0 Å². The first-order valence-corrected chi connectivity index (χ1v) is 5.46. The molecule has 1 heterocycles. The van der Waals surface area contributed by atoms with Gasteiger partial charge in [0.05, 0.1) is 16.1 Å². The second kappa shape index (κ2) is 5.21. The SMILES string of the molecule is CC(O)CN(C)c1nc(Cl)c(Cl)cc1Cl. The molecular formula is C9H11Cl3N2O. The van der Waals surface area contributed by atoms with Crippen molar-refractivity contribution in [2.24, 2.45) is 0 Å². The molecule has 0 aliphatic rings. The van der Waals surface area contributed by atoms with E-state index in [4.69, 9.17) is 34.8 Å². The van der Waals surface area contributed by atoms with Gasteiger partial charge in [-0.3, -0.25) is 0 Å². The Morgan fingerprint density at radius 1 is 1.40 bits per heavy atom. The molecule has 1 rings (SSSR count). The molecule has 1 aromatic heterocycles. The van der Waals surface area contributed by atoms with E-state index < -0.39 is 6.10 Å². The molecule has 15 heavy (non-hydrogen) atoms. The summed E-state index contributed by atoms with van der Waals surface area (Å²) in [5.74, 6) is 0.506. The Morgan fingerprint density at radius 3 is 2.53 bits per heavy atom. The van der Waals surface area contributed by atoms with E-state index in [9.17, 15) is 5.11 Å². The summed E-state index contributed by atoms with van der Waals surface area (Å²) in [6.45, 7) is 2.10. The van der Waals surface area contributed by atoms with Crippen LogP contribution in [0.3, 0.4) is 0 Å². The van der Waals surface area contributed by atoms with Gasteiger partial charge in [-0.25, -0.2) is 4.98 Å². The van der Waals surface area contributed by atoms with Crippen LogP contribution in [0.4, 0.5) is 5.82 Å². The summed E-state index contributed by atoms with van der Waals surface area (Å²) in [5, 5.41) is 10.2. The Morgan fingerprint density at radius 2 is 2.00 bits per heavy atom. The maximum absolute atomic E-state index is 9.23. The Labute approximate surface area is 104 Å². The highest BCUT2D eigenvalue weighted by molar-refractivity contribution is 6.42. The molecule has 0 saturated carbocycles. The zero-order valence-corrected chi connectivity index (χ0v) is 10.6. The van der Waals surface area contributed by atoms with Crippen molar-refractivity contribution in [3.63, 3.8) is 0 Å². The molecular weight excluding hydrogens is 258 g/mol. The highest BCUT2D eigenvalue weighted by Crippen LogP contribution is 2.30. The van der Waals surface area contributed by atoms with Gasteiger partial charge in [-0.05, 0) is 13.0 Å². The third-order valence-electron chi connectivity index (χ3n) is 1.77. The number of aliphatic hydroxyl groups is 1. The lowest BCUT2D eigenvalue weighted by Gasteiger charge is -2.21. The lowest BCUT2D eigenvalue weighted by atomic mass is 10.3. The van der Waals surface area contributed by atoms with Crippen LogP contribution in [0.1, 0.15) is 6.92 Å². The largest absolute Gasteiger partial charge is 0.392 e. The number of aromatic nitrogens is 1. The van der Waals surface area contributed by atoms with E-state index in [1.807, 2.05) is 0 Å². The van der Waals surface area contributed by atoms with E-state index in [0.29, 0.717) is 22.4 Å². The van der Waals surface area contributed by atoms with Crippen molar-refractivity contribution >= 4 is 40.6 Å². The van der Waals surface area contributed by atoms with Crippen molar-refractivity contribution in [2.75, 3.05) is 18.5 Å². The van der Waals surface area contributed by atoms with Gasteiger partial charge in [-0.2, -0.15) is 0 Å². The lowest BCUT2D eigenvalue weighted by molar-refractivity contribution is 0.201. The van der Waals surface area contributed by atoms with Gasteiger partial charge < -0.3 is 10.0 Å². The second-order valence-corrected chi connectivity index (χ2v) is 4.47. The number of nitrogens with zero attached hydrogens (tertiary/aromatic N) is 2. The van der Waals surface area contributed by atoms with Crippen molar-refractivity contribution < 1.29 is 5.11 Å². The normalized spacial score (nSPS) is 12.7. The van der Waals surface area contributed by atoms with Crippen LogP contribution >= 0.6 is 34.8 Å². The fourth-order valence-electron chi connectivity index (χ4n) is 1.19. The molecule has 0 aromatic carbocycles. The molecule has 1 unspecified atom stereocenters. The van der Waals surface area contributed by atoms with Crippen LogP contribution < -0.4 is 4.90 Å². The first-order chi connectivity index (χ1) is 6.91. The zero-order valence-electron chi connectivity index (χ0n) is 8.34. The molecule has 0 amide bonds. The van der Waals surface area contributed by atoms with Gasteiger partial charge in [-0.1, -0.05) is 34.8 Å². The lowest BCUT2D eigenvalue weighted by Crippen LogP contribution is -2.27. The molecule has 0 saturated heterocycles. The highest BCUT2D eigenvalue weighted by Gasteiger charge is 2.13. The van der Waals surface area contributed by atoms with Gasteiger partial charge in [0.15, 0.2) is 0 Å². The minimum atomic E-state index is -0.470. The maximum atomic E-state index is 9.23. The van der Waals surface area contributed by atoms with Crippen molar-refractivity contribution in [2.45, 2.75) is 13.0 Å². The summed E-state index contributed by atoms with van der Waals surface area (Å²) in [4.78, 5) is 5.76. The molecule has 1 N–H and O–H groups in total. The Bertz CT molecular complexity index is 357. The fraction of sp³-hybridized carbons (Fsp3) is 0.444. The predicted molar refractivity (Wildman–Crippen MR) is 64.2 cm³/mol. The standard InChI is InChI=1S/C9H11Cl3N2O/c1-5(15)4-14(2)9-7(11)3-6(10)8(12)13-9/h3,5,15H,4H2,1-2H3. The molecule has 1 atom stereocenters. The molecule has 0 fully saturated rings. The van der Waals surface area contributed by atoms with Gasteiger partial charge in [-0.15, -0.1) is 0 Å². The fourth-order valence-corrected chi connectivity index (χ4v) is 1.82. The van der Waals surface area contributed by atoms with E-state index in [0.717, 1.165) is 0 Å². The average Bonchev–Trinajstić information content (AvgIpc) is 2.09. The predicted octanol–water partition coefficient (Wildman–Crippen LogP) is 2.86. The van der Waals surface area contributed by atoms with Crippen molar-refractivity contribution in [3.05, 3.63) is 21.3 Å². The Kier molecular flexibility index (Phi) is 4.46. The van der Waals surface area contributed by atoms with Gasteiger partial charge in [0.1, 0.15) is 11.0 Å². The Balaban J connectivity index is 2.98. The van der Waals surface area contributed by atoms with Gasteiger partial charge >= 0.3 is 0 Å². The summed E-state index contributed by atoms with van der Waals surface area (Å²) in [6.07, 6.45) is -0.470. The quantitative estimate of drug-likeness (QED) is 0.857. The van der Waals surface area contributed by atoms with Crippen LogP contribution in [0, 0.1) is 0 Å². The van der Waals surface area contributed by atoms with E-state index in [2.05, 4.69) is 4.98 Å². The van der Waals surface area contributed by atoms with Crippen LogP contribution in [0.2, 0.25) is 15.2 Å². The van der Waals surface area contributed by atoms with Crippen molar-refractivity contribution in [1.82, 2.24) is 4.98 Å². The van der Waals surface area contributed by atoms with Gasteiger partial charge in [0, 0.05) is 13.6 Å². The van der Waals surface area contributed by atoms with Crippen LogP contribution in [0.15, 0.2) is 6.07 Å². The first-order valence-electron chi connectivity index (χ1n) is 4.32. The number of anilines is 1. The number of rotatable bonds is 3. The smallest absolute Gasteiger partial charge is 0.150 e. The number of pyridine rings is 1. The highest BCUT2D eigenvalue weighted by atomic mass is 35.5. The topological polar surface area (TPSA) is 36.4 Å². The monoisotopic (exact) mass is 268 g/mol. The van der Waals surface area contributed by atoms with E-state index in [-0.39, 0.29) is 5.15 Å². The average molecular weight is 270 g/mol. The molecule has 0 spiro atoms. The third-order valence-corrected chi connectivity index (χ3v) is 2.72. The summed E-state index contributed by atoms with van der Waals surface area (Å²) < 4.78 is 0. The van der Waals surface area contributed by atoms with Crippen LogP contribution in [0.25, 0.3) is 0 Å².